The first kappa shape index (κ1) is 15.4. The van der Waals surface area contributed by atoms with Crippen LogP contribution in [-0.2, 0) is 0 Å². The van der Waals surface area contributed by atoms with Gasteiger partial charge in [0, 0.05) is 17.7 Å². The summed E-state index contributed by atoms with van der Waals surface area (Å²) in [5.41, 5.74) is 0.354. The van der Waals surface area contributed by atoms with Gasteiger partial charge in [0.15, 0.2) is 5.78 Å². The van der Waals surface area contributed by atoms with Crippen LogP contribution in [-0.4, -0.2) is 26.7 Å². The summed E-state index contributed by atoms with van der Waals surface area (Å²) in [6.45, 7) is 0. The zero-order valence-corrected chi connectivity index (χ0v) is 13.2. The Morgan fingerprint density at radius 3 is 2.70 bits per heavy atom. The van der Waals surface area contributed by atoms with Gasteiger partial charge < -0.3 is 4.42 Å². The van der Waals surface area contributed by atoms with Crippen LogP contribution in [0.5, 0.6) is 0 Å². The van der Waals surface area contributed by atoms with Gasteiger partial charge in [0.05, 0.1) is 15.6 Å². The summed E-state index contributed by atoms with van der Waals surface area (Å²) >= 11 is 2.62. The fourth-order valence-corrected chi connectivity index (χ4v) is 3.05. The molecule has 0 bridgehead atoms. The third kappa shape index (κ3) is 3.63. The van der Waals surface area contributed by atoms with Crippen molar-refractivity contribution in [2.45, 2.75) is 5.22 Å². The monoisotopic (exact) mass is 347 g/mol. The summed E-state index contributed by atoms with van der Waals surface area (Å²) in [7, 11) is 0. The number of thioether (sulfide) groups is 1. The molecule has 0 spiro atoms. The smallest absolute Gasteiger partial charge is 0.277 e. The number of thiophene rings is 1. The van der Waals surface area contributed by atoms with Crippen molar-refractivity contribution in [3.8, 4) is 10.8 Å². The van der Waals surface area contributed by atoms with Crippen LogP contribution in [0.4, 0.5) is 5.69 Å². The van der Waals surface area contributed by atoms with Crippen LogP contribution >= 0.6 is 23.1 Å². The highest BCUT2D eigenvalue weighted by Crippen LogP contribution is 2.26. The number of ketones is 1. The summed E-state index contributed by atoms with van der Waals surface area (Å²) in [6.07, 6.45) is 0. The van der Waals surface area contributed by atoms with Crippen LogP contribution in [0.1, 0.15) is 10.4 Å². The molecular weight excluding hydrogens is 338 g/mol. The molecule has 0 N–H and O–H groups in total. The molecule has 0 fully saturated rings. The molecule has 0 saturated heterocycles. The maximum absolute atomic E-state index is 12.1. The second-order valence-corrected chi connectivity index (χ2v) is 6.24. The van der Waals surface area contributed by atoms with Crippen molar-refractivity contribution in [3.63, 3.8) is 0 Å². The average molecular weight is 347 g/mol. The van der Waals surface area contributed by atoms with E-state index >= 15 is 0 Å². The lowest BCUT2D eigenvalue weighted by atomic mass is 10.1. The number of nitro groups is 1. The number of carbonyl (C=O) groups is 1. The first-order valence-electron chi connectivity index (χ1n) is 6.41. The van der Waals surface area contributed by atoms with E-state index in [-0.39, 0.29) is 17.2 Å². The normalized spacial score (nSPS) is 10.6. The summed E-state index contributed by atoms with van der Waals surface area (Å²) in [6, 6.07) is 9.24. The predicted molar refractivity (Wildman–Crippen MR) is 85.8 cm³/mol. The molecule has 7 nitrogen and oxygen atoms in total. The molecular formula is C14H9N3O4S2. The van der Waals surface area contributed by atoms with Crippen LogP contribution in [0.3, 0.4) is 0 Å². The standard InChI is InChI=1S/C14H9N3O4S2/c18-11(9-3-5-10(6-4-9)17(19)20)8-23-14-16-15-13(21-14)12-2-1-7-22-12/h1-7H,8H2. The second kappa shape index (κ2) is 6.71. The second-order valence-electron chi connectivity index (χ2n) is 4.37. The molecule has 9 heteroatoms. The maximum Gasteiger partial charge on any atom is 0.277 e. The molecule has 0 amide bonds. The minimum atomic E-state index is -0.506. The van der Waals surface area contributed by atoms with Gasteiger partial charge in [-0.05, 0) is 23.6 Å². The lowest BCUT2D eigenvalue weighted by Gasteiger charge is -1.98. The van der Waals surface area contributed by atoms with Crippen LogP contribution in [0.15, 0.2) is 51.4 Å². The van der Waals surface area contributed by atoms with Gasteiger partial charge in [-0.1, -0.05) is 17.8 Å². The molecule has 116 valence electrons. The molecule has 1 aromatic carbocycles. The third-order valence-corrected chi connectivity index (χ3v) is 4.54. The van der Waals surface area contributed by atoms with Gasteiger partial charge >= 0.3 is 0 Å². The fraction of sp³-hybridized carbons (Fsp3) is 0.0714. The SMILES string of the molecule is O=C(CSc1nnc(-c2cccs2)o1)c1ccc([N+](=O)[O-])cc1. The fourth-order valence-electron chi connectivity index (χ4n) is 1.75. The van der Waals surface area contributed by atoms with E-state index in [1.807, 2.05) is 17.5 Å². The zero-order chi connectivity index (χ0) is 16.2. The molecule has 0 saturated carbocycles. The summed E-state index contributed by atoms with van der Waals surface area (Å²) in [5.74, 6) is 0.371. The first-order chi connectivity index (χ1) is 11.1. The number of nitrogens with zero attached hydrogens (tertiary/aromatic N) is 3. The van der Waals surface area contributed by atoms with E-state index in [9.17, 15) is 14.9 Å². The van der Waals surface area contributed by atoms with Crippen LogP contribution in [0, 0.1) is 10.1 Å². The molecule has 0 aliphatic heterocycles. The molecule has 0 aliphatic rings. The van der Waals surface area contributed by atoms with Gasteiger partial charge in [-0.2, -0.15) is 0 Å². The zero-order valence-electron chi connectivity index (χ0n) is 11.5. The molecule has 3 aromatic rings. The van der Waals surface area contributed by atoms with Gasteiger partial charge in [-0.15, -0.1) is 21.5 Å². The Kier molecular flexibility index (Phi) is 4.49. The van der Waals surface area contributed by atoms with Crippen molar-refractivity contribution in [1.82, 2.24) is 10.2 Å². The number of hydrogen-bond acceptors (Lipinski definition) is 8. The first-order valence-corrected chi connectivity index (χ1v) is 8.28. The van der Waals surface area contributed by atoms with E-state index in [2.05, 4.69) is 10.2 Å². The maximum atomic E-state index is 12.1. The highest BCUT2D eigenvalue weighted by atomic mass is 32.2. The minimum absolute atomic E-state index is 0.0494. The molecule has 0 unspecified atom stereocenters. The lowest BCUT2D eigenvalue weighted by molar-refractivity contribution is -0.384. The van der Waals surface area contributed by atoms with Crippen molar-refractivity contribution < 1.29 is 14.1 Å². The Morgan fingerprint density at radius 1 is 1.26 bits per heavy atom. The number of aromatic nitrogens is 2. The summed E-state index contributed by atoms with van der Waals surface area (Å²) in [5, 5.41) is 20.6. The molecule has 3 rings (SSSR count). The van der Waals surface area contributed by atoms with Crippen molar-refractivity contribution in [2.75, 3.05) is 5.75 Å². The molecule has 0 atom stereocenters. The number of hydrogen-bond donors (Lipinski definition) is 0. The number of carbonyl (C=O) groups excluding carboxylic acids is 1. The highest BCUT2D eigenvalue weighted by Gasteiger charge is 2.14. The van der Waals surface area contributed by atoms with E-state index < -0.39 is 4.92 Å². The molecule has 0 aliphatic carbocycles. The Labute approximate surface area is 138 Å². The van der Waals surface area contributed by atoms with Crippen LogP contribution in [0.25, 0.3) is 10.8 Å². The quantitative estimate of drug-likeness (QED) is 0.290. The number of nitro benzene ring substituents is 1. The van der Waals surface area contributed by atoms with Crippen LogP contribution < -0.4 is 0 Å². The van der Waals surface area contributed by atoms with E-state index in [1.165, 1.54) is 35.6 Å². The van der Waals surface area contributed by atoms with Crippen molar-refractivity contribution in [3.05, 3.63) is 57.5 Å². The van der Waals surface area contributed by atoms with Gasteiger partial charge in [0.25, 0.3) is 16.8 Å². The Bertz CT molecular complexity index is 828. The number of non-ortho nitro benzene ring substituents is 1. The largest absolute Gasteiger partial charge is 0.410 e. The van der Waals surface area contributed by atoms with E-state index in [0.717, 1.165) is 16.6 Å². The van der Waals surface area contributed by atoms with Crippen molar-refractivity contribution in [1.29, 1.82) is 0 Å². The van der Waals surface area contributed by atoms with Gasteiger partial charge in [-0.25, -0.2) is 0 Å². The Hall–Kier alpha value is -2.52. The topological polar surface area (TPSA) is 99.1 Å². The van der Waals surface area contributed by atoms with Gasteiger partial charge in [0.2, 0.25) is 0 Å². The van der Waals surface area contributed by atoms with Gasteiger partial charge in [-0.3, -0.25) is 14.9 Å². The lowest BCUT2D eigenvalue weighted by Crippen LogP contribution is -2.02. The summed E-state index contributed by atoms with van der Waals surface area (Å²) < 4.78 is 5.47. The summed E-state index contributed by atoms with van der Waals surface area (Å²) in [4.78, 5) is 23.0. The highest BCUT2D eigenvalue weighted by molar-refractivity contribution is 7.99. The van der Waals surface area contributed by atoms with Crippen LogP contribution in [0.2, 0.25) is 0 Å². The minimum Gasteiger partial charge on any atom is -0.410 e. The Balaban J connectivity index is 1.61. The number of rotatable bonds is 6. The predicted octanol–water partition coefficient (Wildman–Crippen LogP) is 3.68. The molecule has 0 radical (unpaired) electrons. The van der Waals surface area contributed by atoms with E-state index in [0.29, 0.717) is 16.7 Å². The molecule has 2 heterocycles. The number of benzene rings is 1. The Morgan fingerprint density at radius 2 is 2.04 bits per heavy atom. The molecule has 2 aromatic heterocycles. The average Bonchev–Trinajstić information content (AvgIpc) is 3.23. The van der Waals surface area contributed by atoms with E-state index in [4.69, 9.17) is 4.42 Å². The van der Waals surface area contributed by atoms with Crippen molar-refractivity contribution >= 4 is 34.6 Å². The third-order valence-electron chi connectivity index (χ3n) is 2.87. The van der Waals surface area contributed by atoms with E-state index in [1.54, 1.807) is 0 Å². The van der Waals surface area contributed by atoms with Gasteiger partial charge in [0.1, 0.15) is 0 Å². The number of Topliss-reactive ketones (excluding diaryl/α,β-unsaturated/α-hetero) is 1. The van der Waals surface area contributed by atoms with Crippen molar-refractivity contribution in [2.24, 2.45) is 0 Å². The molecule has 23 heavy (non-hydrogen) atoms.